The summed E-state index contributed by atoms with van der Waals surface area (Å²) >= 11 is 6.02. The number of imidazole rings is 1. The van der Waals surface area contributed by atoms with Gasteiger partial charge in [0.25, 0.3) is 5.91 Å². The average Bonchev–Trinajstić information content (AvgIpc) is 3.30. The Bertz CT molecular complexity index is 1020. The summed E-state index contributed by atoms with van der Waals surface area (Å²) < 4.78 is 11.4. The number of ether oxygens (including phenoxy) is 1. The van der Waals surface area contributed by atoms with Gasteiger partial charge in [0, 0.05) is 36.6 Å². The first-order valence-corrected chi connectivity index (χ1v) is 10.7. The number of halogens is 1. The topological polar surface area (TPSA) is 83.4 Å². The van der Waals surface area contributed by atoms with Crippen LogP contribution in [0.25, 0.3) is 11.0 Å². The van der Waals surface area contributed by atoms with Gasteiger partial charge in [-0.1, -0.05) is 25.4 Å². The van der Waals surface area contributed by atoms with Crippen LogP contribution < -0.4 is 5.32 Å². The summed E-state index contributed by atoms with van der Waals surface area (Å²) in [4.78, 5) is 22.7. The van der Waals surface area contributed by atoms with Crippen molar-refractivity contribution in [3.63, 3.8) is 0 Å². The van der Waals surface area contributed by atoms with Gasteiger partial charge < -0.3 is 19.5 Å². The van der Waals surface area contributed by atoms with Gasteiger partial charge in [-0.15, -0.1) is 0 Å². The van der Waals surface area contributed by atoms with Gasteiger partial charge in [0.05, 0.1) is 30.8 Å². The normalized spacial score (nSPS) is 15.2. The highest BCUT2D eigenvalue weighted by molar-refractivity contribution is 6.31. The molecule has 2 N–H and O–H groups in total. The van der Waals surface area contributed by atoms with Crippen LogP contribution in [0.15, 0.2) is 28.7 Å². The van der Waals surface area contributed by atoms with E-state index in [9.17, 15) is 4.79 Å². The van der Waals surface area contributed by atoms with Gasteiger partial charge in [-0.2, -0.15) is 0 Å². The van der Waals surface area contributed by atoms with Crippen LogP contribution in [0.1, 0.15) is 41.6 Å². The first-order valence-electron chi connectivity index (χ1n) is 10.3. The Labute approximate surface area is 180 Å². The van der Waals surface area contributed by atoms with Crippen LogP contribution in [0.5, 0.6) is 0 Å². The predicted molar refractivity (Wildman–Crippen MR) is 116 cm³/mol. The number of aromatic amines is 1. The average molecular weight is 431 g/mol. The number of aromatic nitrogens is 2. The fourth-order valence-electron chi connectivity index (χ4n) is 3.63. The number of hydrogen-bond donors (Lipinski definition) is 2. The van der Waals surface area contributed by atoms with E-state index in [0.29, 0.717) is 22.5 Å². The molecule has 0 atom stereocenters. The summed E-state index contributed by atoms with van der Waals surface area (Å²) in [5.74, 6) is 2.10. The van der Waals surface area contributed by atoms with Crippen molar-refractivity contribution in [3.05, 3.63) is 52.2 Å². The van der Waals surface area contributed by atoms with Crippen LogP contribution in [-0.4, -0.2) is 47.1 Å². The SMILES string of the molecule is CC(C)Cc1oc(C(=O)NCc2nc3ccc(Cl)cc3[nH]2)cc1CN1CCOCC1. The summed E-state index contributed by atoms with van der Waals surface area (Å²) in [5, 5.41) is 3.54. The lowest BCUT2D eigenvalue weighted by Gasteiger charge is -2.26. The second-order valence-corrected chi connectivity index (χ2v) is 8.51. The standard InChI is InChI=1S/C22H27ClN4O3/c1-14(2)9-19-15(13-27-5-7-29-8-6-27)10-20(30-19)22(28)24-12-21-25-17-4-3-16(23)11-18(17)26-21/h3-4,10-11,14H,5-9,12-13H2,1-2H3,(H,24,28)(H,25,26). The molecular weight excluding hydrogens is 404 g/mol. The van der Waals surface area contributed by atoms with Crippen molar-refractivity contribution in [1.29, 1.82) is 0 Å². The van der Waals surface area contributed by atoms with Crippen LogP contribution in [0.3, 0.4) is 0 Å². The summed E-state index contributed by atoms with van der Waals surface area (Å²) in [6, 6.07) is 7.34. The second kappa shape index (κ2) is 9.20. The number of amides is 1. The summed E-state index contributed by atoms with van der Waals surface area (Å²) in [6.07, 6.45) is 0.803. The van der Waals surface area contributed by atoms with Crippen LogP contribution in [-0.2, 0) is 24.2 Å². The molecule has 1 aromatic carbocycles. The summed E-state index contributed by atoms with van der Waals surface area (Å²) in [6.45, 7) is 8.62. The first kappa shape index (κ1) is 20.9. The maximum atomic E-state index is 12.7. The number of morpholine rings is 1. The molecule has 0 radical (unpaired) electrons. The molecule has 0 spiro atoms. The Kier molecular flexibility index (Phi) is 6.41. The molecule has 4 rings (SSSR count). The molecule has 1 aliphatic rings. The minimum atomic E-state index is -0.244. The van der Waals surface area contributed by atoms with E-state index >= 15 is 0 Å². The fraction of sp³-hybridized carbons (Fsp3) is 0.455. The minimum absolute atomic E-state index is 0.244. The molecule has 0 bridgehead atoms. The highest BCUT2D eigenvalue weighted by Crippen LogP contribution is 2.22. The second-order valence-electron chi connectivity index (χ2n) is 8.07. The van der Waals surface area contributed by atoms with Crippen LogP contribution in [0.4, 0.5) is 0 Å². The van der Waals surface area contributed by atoms with E-state index in [2.05, 4.69) is 34.0 Å². The van der Waals surface area contributed by atoms with E-state index in [1.165, 1.54) is 0 Å². The molecule has 0 unspecified atom stereocenters. The zero-order valence-electron chi connectivity index (χ0n) is 17.3. The van der Waals surface area contributed by atoms with Crippen LogP contribution in [0.2, 0.25) is 5.02 Å². The lowest BCUT2D eigenvalue weighted by atomic mass is 10.1. The van der Waals surface area contributed by atoms with Crippen molar-refractivity contribution in [2.75, 3.05) is 26.3 Å². The van der Waals surface area contributed by atoms with Gasteiger partial charge in [0.15, 0.2) is 5.76 Å². The van der Waals surface area contributed by atoms with E-state index in [1.54, 1.807) is 6.07 Å². The number of rotatable bonds is 7. The molecule has 1 fully saturated rings. The number of carbonyl (C=O) groups excluding carboxylic acids is 1. The number of carbonyl (C=O) groups is 1. The molecule has 3 heterocycles. The van der Waals surface area contributed by atoms with Crippen molar-refractivity contribution < 1.29 is 13.9 Å². The highest BCUT2D eigenvalue weighted by atomic mass is 35.5. The molecule has 7 nitrogen and oxygen atoms in total. The highest BCUT2D eigenvalue weighted by Gasteiger charge is 2.20. The van der Waals surface area contributed by atoms with Crippen molar-refractivity contribution in [1.82, 2.24) is 20.2 Å². The zero-order chi connectivity index (χ0) is 21.1. The molecule has 30 heavy (non-hydrogen) atoms. The summed E-state index contributed by atoms with van der Waals surface area (Å²) in [7, 11) is 0. The van der Waals surface area contributed by atoms with Gasteiger partial charge in [-0.25, -0.2) is 4.98 Å². The lowest BCUT2D eigenvalue weighted by Crippen LogP contribution is -2.35. The molecule has 2 aromatic heterocycles. The first-order chi connectivity index (χ1) is 14.5. The molecular formula is C22H27ClN4O3. The Morgan fingerprint density at radius 2 is 2.10 bits per heavy atom. The van der Waals surface area contributed by atoms with E-state index < -0.39 is 0 Å². The van der Waals surface area contributed by atoms with E-state index in [1.807, 2.05) is 18.2 Å². The molecule has 1 saturated heterocycles. The molecule has 160 valence electrons. The summed E-state index contributed by atoms with van der Waals surface area (Å²) in [5.41, 5.74) is 2.74. The van der Waals surface area contributed by atoms with Crippen LogP contribution in [0, 0.1) is 5.92 Å². The quantitative estimate of drug-likeness (QED) is 0.596. The third-order valence-electron chi connectivity index (χ3n) is 5.12. The van der Waals surface area contributed by atoms with Gasteiger partial charge in [-0.3, -0.25) is 9.69 Å². The zero-order valence-corrected chi connectivity index (χ0v) is 18.1. The fourth-order valence-corrected chi connectivity index (χ4v) is 3.80. The maximum absolute atomic E-state index is 12.7. The van der Waals surface area contributed by atoms with Crippen molar-refractivity contribution >= 4 is 28.5 Å². The van der Waals surface area contributed by atoms with Gasteiger partial charge in [0.2, 0.25) is 0 Å². The molecule has 0 saturated carbocycles. The van der Waals surface area contributed by atoms with E-state index in [-0.39, 0.29) is 12.5 Å². The number of benzene rings is 1. The van der Waals surface area contributed by atoms with E-state index in [0.717, 1.165) is 61.6 Å². The van der Waals surface area contributed by atoms with Gasteiger partial charge in [0.1, 0.15) is 11.6 Å². The minimum Gasteiger partial charge on any atom is -0.456 e. The largest absolute Gasteiger partial charge is 0.456 e. The number of nitrogens with one attached hydrogen (secondary N) is 2. The number of H-pyrrole nitrogens is 1. The van der Waals surface area contributed by atoms with Crippen molar-refractivity contribution in [2.24, 2.45) is 5.92 Å². The monoisotopic (exact) mass is 430 g/mol. The third-order valence-corrected chi connectivity index (χ3v) is 5.36. The number of nitrogens with zero attached hydrogens (tertiary/aromatic N) is 2. The molecule has 8 heteroatoms. The van der Waals surface area contributed by atoms with Gasteiger partial charge in [-0.05, 0) is 30.2 Å². The Morgan fingerprint density at radius 1 is 1.30 bits per heavy atom. The Morgan fingerprint density at radius 3 is 2.87 bits per heavy atom. The molecule has 1 amide bonds. The number of fused-ring (bicyclic) bond motifs is 1. The third kappa shape index (κ3) is 5.03. The Balaban J connectivity index is 1.45. The molecule has 1 aliphatic heterocycles. The number of furan rings is 1. The molecule has 3 aromatic rings. The lowest BCUT2D eigenvalue weighted by molar-refractivity contribution is 0.0339. The molecule has 0 aliphatic carbocycles. The maximum Gasteiger partial charge on any atom is 0.287 e. The van der Waals surface area contributed by atoms with Crippen LogP contribution >= 0.6 is 11.6 Å². The van der Waals surface area contributed by atoms with Crippen molar-refractivity contribution in [3.8, 4) is 0 Å². The smallest absolute Gasteiger partial charge is 0.287 e. The van der Waals surface area contributed by atoms with Gasteiger partial charge >= 0.3 is 0 Å². The van der Waals surface area contributed by atoms with E-state index in [4.69, 9.17) is 20.8 Å². The van der Waals surface area contributed by atoms with Crippen molar-refractivity contribution in [2.45, 2.75) is 33.4 Å². The number of hydrogen-bond acceptors (Lipinski definition) is 5. The Hall–Kier alpha value is -2.35. The predicted octanol–water partition coefficient (Wildman–Crippen LogP) is 3.77.